The molecule has 1 aromatic carbocycles. The van der Waals surface area contributed by atoms with Crippen LogP contribution in [0.3, 0.4) is 0 Å². The number of rotatable bonds is 4. The number of benzene rings is 1. The van der Waals surface area contributed by atoms with Crippen molar-refractivity contribution in [1.82, 2.24) is 5.32 Å². The van der Waals surface area contributed by atoms with Crippen LogP contribution in [0.25, 0.3) is 0 Å². The van der Waals surface area contributed by atoms with Crippen LogP contribution in [-0.4, -0.2) is 5.11 Å². The molecule has 96 valence electrons. The number of furan rings is 1. The van der Waals surface area contributed by atoms with Crippen molar-refractivity contribution in [3.05, 3.63) is 53.0 Å². The zero-order valence-electron chi connectivity index (χ0n) is 11.0. The number of hydrogen-bond acceptors (Lipinski definition) is 3. The molecule has 0 radical (unpaired) electrons. The summed E-state index contributed by atoms with van der Waals surface area (Å²) < 4.78 is 5.56. The Hall–Kier alpha value is -1.74. The molecular formula is C15H19NO2. The lowest BCUT2D eigenvalue weighted by atomic mass is 10.1. The van der Waals surface area contributed by atoms with Crippen molar-refractivity contribution in [3.63, 3.8) is 0 Å². The van der Waals surface area contributed by atoms with E-state index in [4.69, 9.17) is 4.42 Å². The van der Waals surface area contributed by atoms with Crippen molar-refractivity contribution in [3.8, 4) is 5.75 Å². The van der Waals surface area contributed by atoms with Gasteiger partial charge in [-0.3, -0.25) is 0 Å². The van der Waals surface area contributed by atoms with E-state index in [0.717, 1.165) is 22.6 Å². The largest absolute Gasteiger partial charge is 0.507 e. The van der Waals surface area contributed by atoms with Crippen molar-refractivity contribution >= 4 is 0 Å². The van der Waals surface area contributed by atoms with E-state index < -0.39 is 0 Å². The third kappa shape index (κ3) is 2.74. The minimum absolute atomic E-state index is 0.124. The van der Waals surface area contributed by atoms with E-state index in [0.29, 0.717) is 12.3 Å². The van der Waals surface area contributed by atoms with Gasteiger partial charge in [0, 0.05) is 12.1 Å². The number of hydrogen-bond donors (Lipinski definition) is 2. The van der Waals surface area contributed by atoms with Gasteiger partial charge in [0.05, 0.1) is 6.04 Å². The van der Waals surface area contributed by atoms with E-state index in [1.807, 2.05) is 51.1 Å². The molecule has 2 rings (SSSR count). The van der Waals surface area contributed by atoms with Gasteiger partial charge in [0.25, 0.3) is 0 Å². The number of aryl methyl sites for hydroxylation is 2. The minimum Gasteiger partial charge on any atom is -0.507 e. The molecule has 1 heterocycles. The van der Waals surface area contributed by atoms with Crippen LogP contribution in [0.15, 0.2) is 34.7 Å². The topological polar surface area (TPSA) is 45.4 Å². The molecule has 0 amide bonds. The summed E-state index contributed by atoms with van der Waals surface area (Å²) in [5.41, 5.74) is 1.81. The molecule has 2 N–H and O–H groups in total. The lowest BCUT2D eigenvalue weighted by molar-refractivity contribution is 0.410. The maximum Gasteiger partial charge on any atom is 0.122 e. The normalized spacial score (nSPS) is 12.6. The number of nitrogens with one attached hydrogen (secondary N) is 1. The van der Waals surface area contributed by atoms with E-state index in [1.54, 1.807) is 0 Å². The van der Waals surface area contributed by atoms with Crippen LogP contribution in [0, 0.1) is 13.8 Å². The molecule has 0 saturated carbocycles. The maximum atomic E-state index is 9.92. The average Bonchev–Trinajstić information content (AvgIpc) is 2.77. The third-order valence-electron chi connectivity index (χ3n) is 3.11. The molecule has 1 atom stereocenters. The SMILES string of the molecule is Cc1ccc(C(C)NCc2cccc(C)c2O)o1. The van der Waals surface area contributed by atoms with Gasteiger partial charge in [-0.1, -0.05) is 18.2 Å². The van der Waals surface area contributed by atoms with E-state index in [-0.39, 0.29) is 6.04 Å². The van der Waals surface area contributed by atoms with Crippen LogP contribution >= 0.6 is 0 Å². The molecule has 0 fully saturated rings. The predicted octanol–water partition coefficient (Wildman–Crippen LogP) is 3.45. The first-order chi connectivity index (χ1) is 8.58. The van der Waals surface area contributed by atoms with E-state index >= 15 is 0 Å². The molecule has 0 aliphatic heterocycles. The monoisotopic (exact) mass is 245 g/mol. The summed E-state index contributed by atoms with van der Waals surface area (Å²) in [5, 5.41) is 13.3. The molecule has 1 aromatic heterocycles. The van der Waals surface area contributed by atoms with Gasteiger partial charge in [-0.25, -0.2) is 0 Å². The zero-order chi connectivity index (χ0) is 13.1. The first-order valence-electron chi connectivity index (χ1n) is 6.15. The zero-order valence-corrected chi connectivity index (χ0v) is 11.0. The number of phenols is 1. The smallest absolute Gasteiger partial charge is 0.122 e. The lowest BCUT2D eigenvalue weighted by Crippen LogP contribution is -2.17. The summed E-state index contributed by atoms with van der Waals surface area (Å²) in [5.74, 6) is 2.20. The van der Waals surface area contributed by atoms with Crippen LogP contribution in [0.1, 0.15) is 35.6 Å². The lowest BCUT2D eigenvalue weighted by Gasteiger charge is -2.13. The van der Waals surface area contributed by atoms with Crippen molar-refractivity contribution in [2.24, 2.45) is 0 Å². The first-order valence-corrected chi connectivity index (χ1v) is 6.15. The molecule has 0 bridgehead atoms. The van der Waals surface area contributed by atoms with Crippen molar-refractivity contribution in [2.75, 3.05) is 0 Å². The fraction of sp³-hybridized carbons (Fsp3) is 0.333. The Morgan fingerprint density at radius 3 is 2.67 bits per heavy atom. The first kappa shape index (κ1) is 12.7. The van der Waals surface area contributed by atoms with Gasteiger partial charge in [0.15, 0.2) is 0 Å². The molecular weight excluding hydrogens is 226 g/mol. The Morgan fingerprint density at radius 1 is 1.22 bits per heavy atom. The van der Waals surface area contributed by atoms with Crippen molar-refractivity contribution < 1.29 is 9.52 Å². The summed E-state index contributed by atoms with van der Waals surface area (Å²) in [6, 6.07) is 9.83. The second-order valence-corrected chi connectivity index (χ2v) is 4.63. The summed E-state index contributed by atoms with van der Waals surface area (Å²) in [6.07, 6.45) is 0. The van der Waals surface area contributed by atoms with Gasteiger partial charge < -0.3 is 14.8 Å². The van der Waals surface area contributed by atoms with Crippen molar-refractivity contribution in [1.29, 1.82) is 0 Å². The molecule has 0 spiro atoms. The Balaban J connectivity index is 2.01. The second kappa shape index (κ2) is 5.27. The van der Waals surface area contributed by atoms with Crippen LogP contribution in [0.5, 0.6) is 5.75 Å². The Kier molecular flexibility index (Phi) is 3.72. The molecule has 1 unspecified atom stereocenters. The summed E-state index contributed by atoms with van der Waals surface area (Å²) in [7, 11) is 0. The van der Waals surface area contributed by atoms with E-state index in [1.165, 1.54) is 0 Å². The van der Waals surface area contributed by atoms with Crippen molar-refractivity contribution in [2.45, 2.75) is 33.4 Å². The standard InChI is InChI=1S/C15H19NO2/c1-10-5-4-6-13(15(10)17)9-16-12(3)14-8-7-11(2)18-14/h4-8,12,16-17H,9H2,1-3H3. The van der Waals surface area contributed by atoms with Gasteiger partial charge in [-0.2, -0.15) is 0 Å². The molecule has 3 nitrogen and oxygen atoms in total. The summed E-state index contributed by atoms with van der Waals surface area (Å²) in [6.45, 7) is 6.50. The highest BCUT2D eigenvalue weighted by Crippen LogP contribution is 2.22. The highest BCUT2D eigenvalue weighted by molar-refractivity contribution is 5.39. The molecule has 0 aliphatic carbocycles. The molecule has 18 heavy (non-hydrogen) atoms. The average molecular weight is 245 g/mol. The van der Waals surface area contributed by atoms with Gasteiger partial charge in [-0.15, -0.1) is 0 Å². The van der Waals surface area contributed by atoms with Gasteiger partial charge in [0.2, 0.25) is 0 Å². The molecule has 3 heteroatoms. The Bertz CT molecular complexity index is 531. The highest BCUT2D eigenvalue weighted by atomic mass is 16.3. The van der Waals surface area contributed by atoms with E-state index in [9.17, 15) is 5.11 Å². The Morgan fingerprint density at radius 2 is 2.00 bits per heavy atom. The van der Waals surface area contributed by atoms with Gasteiger partial charge in [-0.05, 0) is 38.5 Å². The van der Waals surface area contributed by atoms with E-state index in [2.05, 4.69) is 5.32 Å². The molecule has 0 saturated heterocycles. The predicted molar refractivity (Wildman–Crippen MR) is 71.5 cm³/mol. The van der Waals surface area contributed by atoms with Crippen LogP contribution in [-0.2, 0) is 6.54 Å². The number of phenolic OH excluding ortho intramolecular Hbond substituents is 1. The quantitative estimate of drug-likeness (QED) is 0.867. The second-order valence-electron chi connectivity index (χ2n) is 4.63. The summed E-state index contributed by atoms with van der Waals surface area (Å²) in [4.78, 5) is 0. The molecule has 0 aliphatic rings. The number of aromatic hydroxyl groups is 1. The van der Waals surface area contributed by atoms with Crippen LogP contribution in [0.2, 0.25) is 0 Å². The molecule has 2 aromatic rings. The Labute approximate surface area is 107 Å². The number of para-hydroxylation sites is 1. The van der Waals surface area contributed by atoms with Crippen LogP contribution < -0.4 is 5.32 Å². The minimum atomic E-state index is 0.124. The maximum absolute atomic E-state index is 9.92. The van der Waals surface area contributed by atoms with Gasteiger partial charge >= 0.3 is 0 Å². The summed E-state index contributed by atoms with van der Waals surface area (Å²) >= 11 is 0. The highest BCUT2D eigenvalue weighted by Gasteiger charge is 2.10. The fourth-order valence-corrected chi connectivity index (χ4v) is 1.91. The third-order valence-corrected chi connectivity index (χ3v) is 3.11. The van der Waals surface area contributed by atoms with Crippen LogP contribution in [0.4, 0.5) is 0 Å². The fourth-order valence-electron chi connectivity index (χ4n) is 1.91. The van der Waals surface area contributed by atoms with Gasteiger partial charge in [0.1, 0.15) is 17.3 Å².